The van der Waals surface area contributed by atoms with Gasteiger partial charge >= 0.3 is 0 Å². The van der Waals surface area contributed by atoms with E-state index >= 15 is 0 Å². The lowest BCUT2D eigenvalue weighted by Gasteiger charge is -2.30. The molecule has 1 N–H and O–H groups in total. The van der Waals surface area contributed by atoms with E-state index in [4.69, 9.17) is 0 Å². The first-order valence-corrected chi connectivity index (χ1v) is 8.74. The van der Waals surface area contributed by atoms with E-state index in [2.05, 4.69) is 43.4 Å². The Morgan fingerprint density at radius 3 is 2.48 bits per heavy atom. The molecule has 0 saturated carbocycles. The zero-order valence-electron chi connectivity index (χ0n) is 14.3. The number of rotatable bonds is 5. The molecule has 2 aliphatic heterocycles. The minimum absolute atomic E-state index is 0. The Balaban J connectivity index is 0.00000192. The molecule has 0 spiro atoms. The zero-order valence-corrected chi connectivity index (χ0v) is 15.1. The predicted octanol–water partition coefficient (Wildman–Crippen LogP) is 3.69. The molecule has 128 valence electrons. The van der Waals surface area contributed by atoms with Crippen molar-refractivity contribution in [2.24, 2.45) is 5.92 Å². The molecule has 23 heavy (non-hydrogen) atoms. The van der Waals surface area contributed by atoms with Crippen LogP contribution in [0.2, 0.25) is 0 Å². The van der Waals surface area contributed by atoms with Crippen molar-refractivity contribution in [3.05, 3.63) is 35.4 Å². The molecule has 0 aliphatic carbocycles. The van der Waals surface area contributed by atoms with Gasteiger partial charge in [-0.1, -0.05) is 24.3 Å². The maximum Gasteiger partial charge on any atom is 0.223 e. The third-order valence-electron chi connectivity index (χ3n) is 5.39. The van der Waals surface area contributed by atoms with Crippen LogP contribution in [0, 0.1) is 12.8 Å². The van der Waals surface area contributed by atoms with Gasteiger partial charge in [0.25, 0.3) is 0 Å². The molecule has 2 unspecified atom stereocenters. The van der Waals surface area contributed by atoms with Gasteiger partial charge in [-0.15, -0.1) is 12.4 Å². The van der Waals surface area contributed by atoms with E-state index < -0.39 is 0 Å². The number of benzene rings is 1. The largest absolute Gasteiger partial charge is 0.339 e. The second kappa shape index (κ2) is 8.16. The molecular weight excluding hydrogens is 308 g/mol. The maximum atomic E-state index is 12.7. The Labute approximate surface area is 146 Å². The number of nitrogens with zero attached hydrogens (tertiary/aromatic N) is 1. The summed E-state index contributed by atoms with van der Waals surface area (Å²) in [5.41, 5.74) is 2.54. The molecule has 2 bridgehead atoms. The van der Waals surface area contributed by atoms with Crippen LogP contribution < -0.4 is 5.32 Å². The molecule has 1 aromatic rings. The molecule has 2 aliphatic rings. The summed E-state index contributed by atoms with van der Waals surface area (Å²) in [4.78, 5) is 14.7. The monoisotopic (exact) mass is 336 g/mol. The summed E-state index contributed by atoms with van der Waals surface area (Å²) in [6.45, 7) is 5.76. The smallest absolute Gasteiger partial charge is 0.223 e. The first-order chi connectivity index (χ1) is 10.7. The zero-order chi connectivity index (χ0) is 15.5. The van der Waals surface area contributed by atoms with Gasteiger partial charge < -0.3 is 10.2 Å². The Kier molecular flexibility index (Phi) is 6.49. The molecule has 1 aromatic carbocycles. The molecular formula is C19H29ClN2O. The number of aryl methyl sites for hydroxylation is 1. The second-order valence-corrected chi connectivity index (χ2v) is 7.01. The van der Waals surface area contributed by atoms with Gasteiger partial charge in [-0.3, -0.25) is 4.79 Å². The van der Waals surface area contributed by atoms with Crippen LogP contribution in [0.15, 0.2) is 24.3 Å². The molecule has 3 rings (SSSR count). The predicted molar refractivity (Wildman–Crippen MR) is 96.8 cm³/mol. The summed E-state index contributed by atoms with van der Waals surface area (Å²) in [6, 6.07) is 9.71. The summed E-state index contributed by atoms with van der Waals surface area (Å²) in [5.74, 6) is 0.911. The highest BCUT2D eigenvalue weighted by atomic mass is 35.5. The van der Waals surface area contributed by atoms with Crippen molar-refractivity contribution in [1.82, 2.24) is 10.2 Å². The molecule has 3 nitrogen and oxygen atoms in total. The van der Waals surface area contributed by atoms with Crippen LogP contribution in [-0.2, 0) is 11.3 Å². The lowest BCUT2D eigenvalue weighted by molar-refractivity contribution is -0.132. The van der Waals surface area contributed by atoms with E-state index in [1.807, 2.05) is 4.90 Å². The molecule has 2 saturated heterocycles. The van der Waals surface area contributed by atoms with Crippen molar-refractivity contribution in [2.75, 3.05) is 6.54 Å². The number of halogens is 1. The fraction of sp³-hybridized carbons (Fsp3) is 0.632. The van der Waals surface area contributed by atoms with Crippen LogP contribution in [-0.4, -0.2) is 29.4 Å². The first kappa shape index (κ1) is 18.3. The fourth-order valence-corrected chi connectivity index (χ4v) is 4.09. The molecule has 0 radical (unpaired) electrons. The van der Waals surface area contributed by atoms with Gasteiger partial charge in [-0.2, -0.15) is 0 Å². The Morgan fingerprint density at radius 1 is 1.22 bits per heavy atom. The number of hydrogen-bond acceptors (Lipinski definition) is 2. The summed E-state index contributed by atoms with van der Waals surface area (Å²) in [7, 11) is 0. The highest BCUT2D eigenvalue weighted by Crippen LogP contribution is 2.33. The number of carbonyl (C=O) groups excluding carboxylic acids is 1. The number of carbonyl (C=O) groups is 1. The normalized spacial score (nSPS) is 25.7. The van der Waals surface area contributed by atoms with Crippen LogP contribution in [0.25, 0.3) is 0 Å². The summed E-state index contributed by atoms with van der Waals surface area (Å²) < 4.78 is 0. The first-order valence-electron chi connectivity index (χ1n) is 8.74. The van der Waals surface area contributed by atoms with Gasteiger partial charge in [0, 0.05) is 31.6 Å². The average molecular weight is 337 g/mol. The molecule has 0 aromatic heterocycles. The van der Waals surface area contributed by atoms with E-state index in [1.165, 1.54) is 36.8 Å². The second-order valence-electron chi connectivity index (χ2n) is 7.01. The van der Waals surface area contributed by atoms with Crippen molar-refractivity contribution in [3.63, 3.8) is 0 Å². The van der Waals surface area contributed by atoms with Gasteiger partial charge in [0.2, 0.25) is 5.91 Å². The third kappa shape index (κ3) is 4.48. The molecule has 1 amide bonds. The van der Waals surface area contributed by atoms with Crippen LogP contribution >= 0.6 is 12.4 Å². The SMILES string of the molecule is CCN(Cc1ccccc1C)C(=O)CC1CC2CCC(C1)N2.Cl. The van der Waals surface area contributed by atoms with Crippen LogP contribution in [0.1, 0.15) is 50.2 Å². The summed E-state index contributed by atoms with van der Waals surface area (Å²) in [6.07, 6.45) is 5.70. The maximum absolute atomic E-state index is 12.7. The topological polar surface area (TPSA) is 32.3 Å². The molecule has 2 fully saturated rings. The van der Waals surface area contributed by atoms with E-state index in [0.29, 0.717) is 23.9 Å². The molecule has 2 heterocycles. The van der Waals surface area contributed by atoms with Crippen LogP contribution in [0.4, 0.5) is 0 Å². The van der Waals surface area contributed by atoms with Crippen molar-refractivity contribution in [2.45, 2.75) is 64.6 Å². The number of piperidine rings is 1. The highest BCUT2D eigenvalue weighted by Gasteiger charge is 2.34. The number of hydrogen-bond donors (Lipinski definition) is 1. The third-order valence-corrected chi connectivity index (χ3v) is 5.39. The van der Waals surface area contributed by atoms with Crippen molar-refractivity contribution >= 4 is 18.3 Å². The van der Waals surface area contributed by atoms with Gasteiger partial charge in [0.1, 0.15) is 0 Å². The highest BCUT2D eigenvalue weighted by molar-refractivity contribution is 5.85. The Hall–Kier alpha value is -1.06. The van der Waals surface area contributed by atoms with Crippen LogP contribution in [0.5, 0.6) is 0 Å². The average Bonchev–Trinajstić information content (AvgIpc) is 2.85. The van der Waals surface area contributed by atoms with E-state index in [9.17, 15) is 4.79 Å². The van der Waals surface area contributed by atoms with E-state index in [0.717, 1.165) is 19.5 Å². The molecule has 4 heteroatoms. The van der Waals surface area contributed by atoms with Crippen LogP contribution in [0.3, 0.4) is 0 Å². The van der Waals surface area contributed by atoms with E-state index in [1.54, 1.807) is 0 Å². The number of fused-ring (bicyclic) bond motifs is 2. The van der Waals surface area contributed by atoms with Gasteiger partial charge in [0.05, 0.1) is 0 Å². The van der Waals surface area contributed by atoms with Crippen molar-refractivity contribution in [1.29, 1.82) is 0 Å². The Bertz CT molecular complexity index is 522. The number of amides is 1. The number of nitrogens with one attached hydrogen (secondary N) is 1. The fourth-order valence-electron chi connectivity index (χ4n) is 4.09. The van der Waals surface area contributed by atoms with E-state index in [-0.39, 0.29) is 12.4 Å². The minimum atomic E-state index is 0. The van der Waals surface area contributed by atoms with Gasteiger partial charge in [0.15, 0.2) is 0 Å². The lowest BCUT2D eigenvalue weighted by atomic mass is 9.89. The van der Waals surface area contributed by atoms with Gasteiger partial charge in [-0.25, -0.2) is 0 Å². The minimum Gasteiger partial charge on any atom is -0.339 e. The van der Waals surface area contributed by atoms with Crippen molar-refractivity contribution in [3.8, 4) is 0 Å². The summed E-state index contributed by atoms with van der Waals surface area (Å²) >= 11 is 0. The lowest BCUT2D eigenvalue weighted by Crippen LogP contribution is -2.40. The molecule has 2 atom stereocenters. The van der Waals surface area contributed by atoms with Gasteiger partial charge in [-0.05, 0) is 56.6 Å². The quantitative estimate of drug-likeness (QED) is 0.889. The standard InChI is InChI=1S/C19H28N2O.ClH/c1-3-21(13-16-7-5-4-6-14(16)2)19(22)12-15-10-17-8-9-18(11-15)20-17;/h4-7,15,17-18,20H,3,8-13H2,1-2H3;1H. The Morgan fingerprint density at radius 2 is 1.87 bits per heavy atom. The van der Waals surface area contributed by atoms with Crippen molar-refractivity contribution < 1.29 is 4.79 Å². The summed E-state index contributed by atoms with van der Waals surface area (Å²) in [5, 5.41) is 3.66.